The van der Waals surface area contributed by atoms with Crippen LogP contribution in [0.4, 0.5) is 4.39 Å². The van der Waals surface area contributed by atoms with E-state index in [1.165, 1.54) is 21.6 Å². The molecule has 2 N–H and O–H groups in total. The smallest absolute Gasteiger partial charge is 0.273 e. The van der Waals surface area contributed by atoms with E-state index in [9.17, 15) is 9.18 Å². The zero-order chi connectivity index (χ0) is 14.8. The fraction of sp³-hybridized carbons (Fsp3) is 0.0625. The van der Waals surface area contributed by atoms with Crippen molar-refractivity contribution in [1.82, 2.24) is 3.96 Å². The van der Waals surface area contributed by atoms with Gasteiger partial charge in [0, 0.05) is 6.07 Å². The summed E-state index contributed by atoms with van der Waals surface area (Å²) in [5.74, 6) is 4.81. The highest BCUT2D eigenvalue weighted by atomic mass is 32.1. The number of hydrogen-bond donors (Lipinski definition) is 1. The van der Waals surface area contributed by atoms with Crippen molar-refractivity contribution in [1.29, 1.82) is 0 Å². The van der Waals surface area contributed by atoms with Gasteiger partial charge in [-0.3, -0.25) is 4.79 Å². The average molecular weight is 298 g/mol. The Morgan fingerprint density at radius 3 is 2.76 bits per heavy atom. The molecule has 0 unspecified atom stereocenters. The lowest BCUT2D eigenvalue weighted by Gasteiger charge is -2.01. The first-order chi connectivity index (χ1) is 10.2. The Balaban J connectivity index is 2.13. The molecular weight excluding hydrogens is 287 g/mol. The Bertz CT molecular complexity index is 931. The Hall–Kier alpha value is -2.42. The molecule has 0 atom stereocenters. The molecule has 0 saturated heterocycles. The minimum absolute atomic E-state index is 0.143. The van der Waals surface area contributed by atoms with Crippen molar-refractivity contribution in [2.24, 2.45) is 5.73 Å². The molecule has 0 radical (unpaired) electrons. The highest BCUT2D eigenvalue weighted by Crippen LogP contribution is 2.21. The van der Waals surface area contributed by atoms with Crippen LogP contribution in [-0.2, 0) is 0 Å². The van der Waals surface area contributed by atoms with Crippen molar-refractivity contribution in [3.63, 3.8) is 0 Å². The third-order valence-electron chi connectivity index (χ3n) is 3.00. The van der Waals surface area contributed by atoms with Gasteiger partial charge in [0.2, 0.25) is 0 Å². The number of halogens is 1. The van der Waals surface area contributed by atoms with Gasteiger partial charge in [-0.15, -0.1) is 0 Å². The number of rotatable bonds is 1. The first kappa shape index (κ1) is 13.6. The van der Waals surface area contributed by atoms with Gasteiger partial charge in [0.1, 0.15) is 5.82 Å². The van der Waals surface area contributed by atoms with E-state index in [0.29, 0.717) is 11.1 Å². The van der Waals surface area contributed by atoms with Crippen LogP contribution < -0.4 is 11.3 Å². The monoisotopic (exact) mass is 298 g/mol. The summed E-state index contributed by atoms with van der Waals surface area (Å²) in [5, 5.41) is 0.634. The number of hydrogen-bond acceptors (Lipinski definition) is 3. The number of benzene rings is 2. The van der Waals surface area contributed by atoms with Crippen LogP contribution in [0.2, 0.25) is 0 Å². The fourth-order valence-corrected chi connectivity index (χ4v) is 3.01. The minimum Gasteiger partial charge on any atom is -0.320 e. The van der Waals surface area contributed by atoms with Gasteiger partial charge >= 0.3 is 0 Å². The predicted octanol–water partition coefficient (Wildman–Crippen LogP) is 2.50. The summed E-state index contributed by atoms with van der Waals surface area (Å²) in [7, 11) is 0. The molecule has 1 heterocycles. The fourth-order valence-electron chi connectivity index (χ4n) is 2.02. The molecule has 0 saturated carbocycles. The van der Waals surface area contributed by atoms with Crippen molar-refractivity contribution in [3.05, 3.63) is 64.2 Å². The van der Waals surface area contributed by atoms with Gasteiger partial charge in [-0.2, -0.15) is 0 Å². The van der Waals surface area contributed by atoms with Gasteiger partial charge in [0.25, 0.3) is 5.56 Å². The third-order valence-corrected chi connectivity index (χ3v) is 4.12. The van der Waals surface area contributed by atoms with Crippen molar-refractivity contribution < 1.29 is 4.39 Å². The summed E-state index contributed by atoms with van der Waals surface area (Å²) in [4.78, 5) is 12.3. The van der Waals surface area contributed by atoms with Crippen LogP contribution >= 0.6 is 11.5 Å². The Labute approximate surface area is 124 Å². The highest BCUT2D eigenvalue weighted by Gasteiger charge is 2.10. The van der Waals surface area contributed by atoms with Crippen molar-refractivity contribution >= 4 is 21.6 Å². The normalized spacial score (nSPS) is 10.4. The van der Waals surface area contributed by atoms with E-state index in [1.54, 1.807) is 18.2 Å². The molecule has 3 aromatic rings. The number of nitrogens with two attached hydrogens (primary N) is 1. The number of nitrogens with zero attached hydrogens (tertiary/aromatic N) is 1. The van der Waals surface area contributed by atoms with Gasteiger partial charge in [-0.05, 0) is 24.3 Å². The molecule has 3 nitrogen and oxygen atoms in total. The van der Waals surface area contributed by atoms with Crippen LogP contribution in [0.25, 0.3) is 15.8 Å². The zero-order valence-electron chi connectivity index (χ0n) is 11.0. The zero-order valence-corrected chi connectivity index (χ0v) is 11.8. The van der Waals surface area contributed by atoms with Crippen molar-refractivity contribution in [3.8, 4) is 17.5 Å². The van der Waals surface area contributed by atoms with E-state index in [1.807, 2.05) is 18.2 Å². The quantitative estimate of drug-likeness (QED) is 0.702. The second-order valence-corrected chi connectivity index (χ2v) is 5.34. The number of aromatic nitrogens is 1. The summed E-state index contributed by atoms with van der Waals surface area (Å²) in [5.41, 5.74) is 5.90. The van der Waals surface area contributed by atoms with E-state index < -0.39 is 5.82 Å². The van der Waals surface area contributed by atoms with Crippen LogP contribution in [0.15, 0.2) is 47.3 Å². The molecule has 0 aliphatic heterocycles. The lowest BCUT2D eigenvalue weighted by molar-refractivity contribution is 0.623. The van der Waals surface area contributed by atoms with Crippen LogP contribution in [0.1, 0.15) is 5.56 Å². The molecular formula is C16H11FN2OS. The number of fused-ring (bicyclic) bond motifs is 1. The molecule has 5 heteroatoms. The van der Waals surface area contributed by atoms with Crippen LogP contribution in [0, 0.1) is 17.7 Å². The van der Waals surface area contributed by atoms with E-state index in [-0.39, 0.29) is 17.7 Å². The van der Waals surface area contributed by atoms with E-state index in [4.69, 9.17) is 5.73 Å². The molecule has 21 heavy (non-hydrogen) atoms. The molecule has 0 fully saturated rings. The molecule has 2 aromatic carbocycles. The second kappa shape index (κ2) is 5.52. The highest BCUT2D eigenvalue weighted by molar-refractivity contribution is 7.14. The van der Waals surface area contributed by atoms with Gasteiger partial charge < -0.3 is 5.73 Å². The van der Waals surface area contributed by atoms with E-state index in [2.05, 4.69) is 11.8 Å². The second-order valence-electron chi connectivity index (χ2n) is 4.36. The minimum atomic E-state index is -0.460. The van der Waals surface area contributed by atoms with Crippen molar-refractivity contribution in [2.75, 3.05) is 6.54 Å². The van der Waals surface area contributed by atoms with Crippen LogP contribution in [-0.4, -0.2) is 10.5 Å². The Morgan fingerprint density at radius 1 is 1.24 bits per heavy atom. The summed E-state index contributed by atoms with van der Waals surface area (Å²) in [6.45, 7) is 0.178. The van der Waals surface area contributed by atoms with Gasteiger partial charge in [0.05, 0.1) is 27.9 Å². The molecule has 0 aliphatic rings. The molecule has 0 amide bonds. The first-order valence-corrected chi connectivity index (χ1v) is 7.08. The SMILES string of the molecule is NCC#Cc1ccc(-n2sc3ccccc3c2=O)cc1F. The molecule has 3 rings (SSSR count). The summed E-state index contributed by atoms with van der Waals surface area (Å²) < 4.78 is 16.3. The van der Waals surface area contributed by atoms with Crippen molar-refractivity contribution in [2.45, 2.75) is 0 Å². The van der Waals surface area contributed by atoms with Gasteiger partial charge in [0.15, 0.2) is 0 Å². The van der Waals surface area contributed by atoms with Gasteiger partial charge in [-0.25, -0.2) is 8.35 Å². The summed E-state index contributed by atoms with van der Waals surface area (Å²) in [6, 6.07) is 11.9. The molecule has 0 aliphatic carbocycles. The Kier molecular flexibility index (Phi) is 3.57. The maximum atomic E-state index is 14.0. The Morgan fingerprint density at radius 2 is 2.05 bits per heavy atom. The van der Waals surface area contributed by atoms with Gasteiger partial charge in [-0.1, -0.05) is 35.5 Å². The molecule has 0 bridgehead atoms. The largest absolute Gasteiger partial charge is 0.320 e. The van der Waals surface area contributed by atoms with E-state index >= 15 is 0 Å². The maximum absolute atomic E-state index is 14.0. The lowest BCUT2D eigenvalue weighted by Crippen LogP contribution is -2.10. The molecule has 1 aromatic heterocycles. The molecule has 0 spiro atoms. The average Bonchev–Trinajstić information content (AvgIpc) is 2.84. The summed E-state index contributed by atoms with van der Waals surface area (Å²) in [6.07, 6.45) is 0. The predicted molar refractivity (Wildman–Crippen MR) is 83.3 cm³/mol. The topological polar surface area (TPSA) is 48.0 Å². The maximum Gasteiger partial charge on any atom is 0.273 e. The molecule has 104 valence electrons. The van der Waals surface area contributed by atoms with Crippen LogP contribution in [0.3, 0.4) is 0 Å². The van der Waals surface area contributed by atoms with E-state index in [0.717, 1.165) is 4.70 Å². The van der Waals surface area contributed by atoms with Crippen LogP contribution in [0.5, 0.6) is 0 Å². The summed E-state index contributed by atoms with van der Waals surface area (Å²) >= 11 is 1.29. The standard InChI is InChI=1S/C16H11FN2OS/c17-14-10-12(8-7-11(14)4-3-9-18)19-16(20)13-5-1-2-6-15(13)21-19/h1-2,5-8,10H,9,18H2. The first-order valence-electron chi connectivity index (χ1n) is 6.30. The lowest BCUT2D eigenvalue weighted by atomic mass is 10.2. The third kappa shape index (κ3) is 2.47.